The Hall–Kier alpha value is -3.16. The number of halogens is 3. The van der Waals surface area contributed by atoms with Gasteiger partial charge in [-0.25, -0.2) is 14.5 Å². The fourth-order valence-corrected chi connectivity index (χ4v) is 5.08. The number of aliphatic carboxylic acids is 1. The third-order valence-electron chi connectivity index (χ3n) is 6.73. The van der Waals surface area contributed by atoms with E-state index < -0.39 is 17.7 Å². The molecule has 2 saturated heterocycles. The Morgan fingerprint density at radius 3 is 2.15 bits per heavy atom. The van der Waals surface area contributed by atoms with E-state index in [1.807, 2.05) is 48.2 Å². The summed E-state index contributed by atoms with van der Waals surface area (Å²) in [4.78, 5) is 48.3. The van der Waals surface area contributed by atoms with Crippen LogP contribution in [0.2, 0.25) is 0 Å². The molecule has 218 valence electrons. The number of alkyl halides is 3. The van der Waals surface area contributed by atoms with E-state index >= 15 is 0 Å². The molecule has 0 aliphatic carbocycles. The van der Waals surface area contributed by atoms with Crippen molar-refractivity contribution in [3.8, 4) is 0 Å². The zero-order chi connectivity index (χ0) is 29.5. The molecule has 2 fully saturated rings. The van der Waals surface area contributed by atoms with E-state index in [1.165, 1.54) is 4.90 Å². The summed E-state index contributed by atoms with van der Waals surface area (Å²) >= 11 is 1.82. The highest BCUT2D eigenvalue weighted by Gasteiger charge is 2.51. The quantitative estimate of drug-likeness (QED) is 0.282. The molecule has 0 saturated carbocycles. The average Bonchev–Trinajstić information content (AvgIpc) is 3.07. The smallest absolute Gasteiger partial charge is 0.475 e. The number of urea groups is 1. The lowest BCUT2D eigenvalue weighted by Crippen LogP contribution is -2.44. The first kappa shape index (κ1) is 31.4. The summed E-state index contributed by atoms with van der Waals surface area (Å²) in [6.45, 7) is 9.73. The number of anilines is 1. The maximum Gasteiger partial charge on any atom is 0.490 e. The molecular formula is C27H34F3N5O4S. The molecule has 13 heteroatoms. The van der Waals surface area contributed by atoms with Gasteiger partial charge in [-0.2, -0.15) is 13.2 Å². The molecule has 4 rings (SSSR count). The van der Waals surface area contributed by atoms with E-state index in [9.17, 15) is 22.8 Å². The van der Waals surface area contributed by atoms with E-state index in [0.717, 1.165) is 55.4 Å². The SMILES string of the molecule is CN1CCN(CCCSc2ccc(N3C(=O)N(Cc4ccncc4)C(C)(C)C3=O)cc2)CC1.O=C(O)C(F)(F)F. The lowest BCUT2D eigenvalue weighted by atomic mass is 10.0. The first-order valence-electron chi connectivity index (χ1n) is 12.8. The maximum absolute atomic E-state index is 13.2. The van der Waals surface area contributed by atoms with Gasteiger partial charge in [0.25, 0.3) is 5.91 Å². The Kier molecular flexibility index (Phi) is 10.6. The van der Waals surface area contributed by atoms with Crippen molar-refractivity contribution >= 4 is 35.4 Å². The predicted octanol–water partition coefficient (Wildman–Crippen LogP) is 4.19. The van der Waals surface area contributed by atoms with Crippen molar-refractivity contribution in [3.05, 3.63) is 54.4 Å². The summed E-state index contributed by atoms with van der Waals surface area (Å²) in [6.07, 6.45) is -0.536. The second-order valence-corrected chi connectivity index (χ2v) is 11.2. The Morgan fingerprint density at radius 1 is 1.02 bits per heavy atom. The van der Waals surface area contributed by atoms with Gasteiger partial charge in [-0.05, 0) is 81.6 Å². The number of nitrogens with zero attached hydrogens (tertiary/aromatic N) is 5. The minimum absolute atomic E-state index is 0.200. The third-order valence-corrected chi connectivity index (χ3v) is 7.83. The summed E-state index contributed by atoms with van der Waals surface area (Å²) in [5.41, 5.74) is 0.665. The van der Waals surface area contributed by atoms with Crippen LogP contribution in [0, 0.1) is 0 Å². The summed E-state index contributed by atoms with van der Waals surface area (Å²) < 4.78 is 31.7. The molecule has 9 nitrogen and oxygen atoms in total. The molecule has 2 aliphatic heterocycles. The van der Waals surface area contributed by atoms with Gasteiger partial charge in [-0.1, -0.05) is 0 Å². The maximum atomic E-state index is 13.2. The normalized spacial score (nSPS) is 18.1. The monoisotopic (exact) mass is 581 g/mol. The highest BCUT2D eigenvalue weighted by atomic mass is 32.2. The number of hydrogen-bond donors (Lipinski definition) is 1. The molecular weight excluding hydrogens is 547 g/mol. The number of carbonyl (C=O) groups excluding carboxylic acids is 2. The van der Waals surface area contributed by atoms with Crippen LogP contribution in [0.4, 0.5) is 23.7 Å². The number of carbonyl (C=O) groups is 3. The fourth-order valence-electron chi connectivity index (χ4n) is 4.24. The van der Waals surface area contributed by atoms with Gasteiger partial charge in [0.15, 0.2) is 0 Å². The number of likely N-dealkylation sites (N-methyl/N-ethyl adjacent to an activating group) is 1. The predicted molar refractivity (Wildman–Crippen MR) is 146 cm³/mol. The summed E-state index contributed by atoms with van der Waals surface area (Å²) in [5.74, 6) is -1.90. The molecule has 2 aromatic rings. The van der Waals surface area contributed by atoms with Crippen LogP contribution in [0.1, 0.15) is 25.8 Å². The molecule has 0 radical (unpaired) electrons. The van der Waals surface area contributed by atoms with E-state index in [-0.39, 0.29) is 11.9 Å². The summed E-state index contributed by atoms with van der Waals surface area (Å²) in [7, 11) is 2.18. The zero-order valence-electron chi connectivity index (χ0n) is 22.7. The van der Waals surface area contributed by atoms with E-state index in [1.54, 1.807) is 31.1 Å². The van der Waals surface area contributed by atoms with Crippen molar-refractivity contribution in [2.75, 3.05) is 50.4 Å². The van der Waals surface area contributed by atoms with Crippen molar-refractivity contribution in [1.29, 1.82) is 0 Å². The molecule has 40 heavy (non-hydrogen) atoms. The van der Waals surface area contributed by atoms with Gasteiger partial charge in [0.05, 0.1) is 5.69 Å². The first-order chi connectivity index (χ1) is 18.8. The molecule has 1 aromatic heterocycles. The highest BCUT2D eigenvalue weighted by Crippen LogP contribution is 2.34. The molecule has 1 aromatic carbocycles. The Morgan fingerprint density at radius 2 is 1.60 bits per heavy atom. The summed E-state index contributed by atoms with van der Waals surface area (Å²) in [6, 6.07) is 11.2. The molecule has 3 amide bonds. The van der Waals surface area contributed by atoms with Crippen LogP contribution in [0.15, 0.2) is 53.7 Å². The van der Waals surface area contributed by atoms with E-state index in [2.05, 4.69) is 21.8 Å². The molecule has 2 aliphatic rings. The van der Waals surface area contributed by atoms with Gasteiger partial charge in [0, 0.05) is 50.0 Å². The highest BCUT2D eigenvalue weighted by molar-refractivity contribution is 7.99. The third kappa shape index (κ3) is 8.18. The van der Waals surface area contributed by atoms with Crippen LogP contribution in [0.25, 0.3) is 0 Å². The Labute approximate surface area is 235 Å². The van der Waals surface area contributed by atoms with Gasteiger partial charge in [0.1, 0.15) is 5.54 Å². The number of amides is 3. The average molecular weight is 582 g/mol. The molecule has 0 bridgehead atoms. The minimum atomic E-state index is -5.08. The van der Waals surface area contributed by atoms with Gasteiger partial charge in [-0.3, -0.25) is 9.78 Å². The van der Waals surface area contributed by atoms with Crippen LogP contribution in [-0.4, -0.2) is 99.9 Å². The van der Waals surface area contributed by atoms with Crippen LogP contribution < -0.4 is 4.90 Å². The zero-order valence-corrected chi connectivity index (χ0v) is 23.5. The lowest BCUT2D eigenvalue weighted by Gasteiger charge is -2.32. The Balaban J connectivity index is 0.000000559. The number of pyridine rings is 1. The van der Waals surface area contributed by atoms with E-state index in [0.29, 0.717) is 12.2 Å². The number of benzene rings is 1. The number of aromatic nitrogens is 1. The standard InChI is InChI=1S/C25H33N5O2S.C2HF3O2/c1-25(2)23(31)30(24(32)29(25)19-20-9-11-26-12-10-20)21-5-7-22(8-6-21)33-18-4-13-28-16-14-27(3)15-17-28;3-2(4,5)1(6)7/h5-12H,4,13-19H2,1-3H3;(H,6,7). The molecule has 0 atom stereocenters. The van der Waals surface area contributed by atoms with Gasteiger partial charge >= 0.3 is 18.2 Å². The van der Waals surface area contributed by atoms with Crippen molar-refractivity contribution in [1.82, 2.24) is 19.7 Å². The number of carboxylic acid groups (broad SMARTS) is 1. The largest absolute Gasteiger partial charge is 0.490 e. The molecule has 0 spiro atoms. The Bertz CT molecular complexity index is 1160. The van der Waals surface area contributed by atoms with Crippen molar-refractivity contribution < 1.29 is 32.7 Å². The number of imide groups is 1. The van der Waals surface area contributed by atoms with Crippen molar-refractivity contribution in [2.45, 2.75) is 43.4 Å². The second-order valence-electron chi connectivity index (χ2n) is 10.1. The first-order valence-corrected chi connectivity index (χ1v) is 13.8. The number of piperazine rings is 1. The lowest BCUT2D eigenvalue weighted by molar-refractivity contribution is -0.192. The minimum Gasteiger partial charge on any atom is -0.475 e. The van der Waals surface area contributed by atoms with Gasteiger partial charge < -0.3 is 19.8 Å². The fraction of sp³-hybridized carbons (Fsp3) is 0.481. The number of rotatable bonds is 8. The topological polar surface area (TPSA) is 97.3 Å². The molecule has 3 heterocycles. The van der Waals surface area contributed by atoms with Crippen molar-refractivity contribution in [3.63, 3.8) is 0 Å². The van der Waals surface area contributed by atoms with Crippen molar-refractivity contribution in [2.24, 2.45) is 0 Å². The van der Waals surface area contributed by atoms with Gasteiger partial charge in [0.2, 0.25) is 0 Å². The van der Waals surface area contributed by atoms with Crippen LogP contribution in [0.3, 0.4) is 0 Å². The van der Waals surface area contributed by atoms with Gasteiger partial charge in [-0.15, -0.1) is 11.8 Å². The van der Waals surface area contributed by atoms with Crippen LogP contribution in [0.5, 0.6) is 0 Å². The second kappa shape index (κ2) is 13.5. The van der Waals surface area contributed by atoms with E-state index in [4.69, 9.17) is 9.90 Å². The number of hydrogen-bond acceptors (Lipinski definition) is 7. The summed E-state index contributed by atoms with van der Waals surface area (Å²) in [5, 5.41) is 7.12. The van der Waals surface area contributed by atoms with Crippen LogP contribution >= 0.6 is 11.8 Å². The number of carboxylic acids is 1. The number of thioether (sulfide) groups is 1. The molecule has 1 N–H and O–H groups in total. The van der Waals surface area contributed by atoms with Crippen LogP contribution in [-0.2, 0) is 16.1 Å². The molecule has 0 unspecified atom stereocenters.